The van der Waals surface area contributed by atoms with E-state index in [9.17, 15) is 8.78 Å². The first-order valence-corrected chi connectivity index (χ1v) is 6.55. The second-order valence-corrected chi connectivity index (χ2v) is 4.92. The monoisotopic (exact) mass is 308 g/mol. The second-order valence-electron chi connectivity index (χ2n) is 4.92. The molecule has 0 unspecified atom stereocenters. The van der Waals surface area contributed by atoms with Gasteiger partial charge >= 0.3 is 6.29 Å². The molecule has 0 radical (unpaired) electrons. The number of nitrogens with zero attached hydrogens (tertiary/aromatic N) is 4. The van der Waals surface area contributed by atoms with Crippen molar-refractivity contribution in [3.8, 4) is 11.5 Å². The molecular weight excluding hydrogens is 298 g/mol. The third kappa shape index (κ3) is 2.05. The SMILES string of the molecule is Cc1oncc1CCn1nnc2cc3c(cc21)OC(F)(F)O3. The highest BCUT2D eigenvalue weighted by Crippen LogP contribution is 2.42. The van der Waals surface area contributed by atoms with Crippen molar-refractivity contribution in [1.29, 1.82) is 0 Å². The van der Waals surface area contributed by atoms with Crippen molar-refractivity contribution in [2.45, 2.75) is 26.2 Å². The molecule has 1 aromatic carbocycles. The minimum absolute atomic E-state index is 0.0257. The van der Waals surface area contributed by atoms with E-state index in [-0.39, 0.29) is 11.5 Å². The van der Waals surface area contributed by atoms with Crippen LogP contribution >= 0.6 is 0 Å². The lowest BCUT2D eigenvalue weighted by molar-refractivity contribution is -0.286. The quantitative estimate of drug-likeness (QED) is 0.739. The molecule has 22 heavy (non-hydrogen) atoms. The van der Waals surface area contributed by atoms with Gasteiger partial charge in [-0.1, -0.05) is 10.4 Å². The van der Waals surface area contributed by atoms with Gasteiger partial charge in [-0.05, 0) is 13.3 Å². The predicted molar refractivity (Wildman–Crippen MR) is 68.7 cm³/mol. The van der Waals surface area contributed by atoms with Crippen LogP contribution in [0.25, 0.3) is 11.0 Å². The molecular formula is C13H10F2N4O3. The van der Waals surface area contributed by atoms with Gasteiger partial charge in [0.15, 0.2) is 11.5 Å². The zero-order valence-corrected chi connectivity index (χ0v) is 11.4. The van der Waals surface area contributed by atoms with Gasteiger partial charge in [-0.15, -0.1) is 13.9 Å². The van der Waals surface area contributed by atoms with Gasteiger partial charge in [-0.3, -0.25) is 0 Å². The lowest BCUT2D eigenvalue weighted by Gasteiger charge is -2.04. The van der Waals surface area contributed by atoms with E-state index in [1.165, 1.54) is 12.1 Å². The van der Waals surface area contributed by atoms with Crippen LogP contribution < -0.4 is 9.47 Å². The van der Waals surface area contributed by atoms with E-state index in [1.807, 2.05) is 6.92 Å². The minimum Gasteiger partial charge on any atom is -0.395 e. The summed E-state index contributed by atoms with van der Waals surface area (Å²) in [5.74, 6) is 0.670. The summed E-state index contributed by atoms with van der Waals surface area (Å²) < 4.78 is 41.6. The van der Waals surface area contributed by atoms with E-state index in [2.05, 4.69) is 24.9 Å². The molecule has 1 aliphatic heterocycles. The van der Waals surface area contributed by atoms with E-state index in [0.717, 1.165) is 11.3 Å². The van der Waals surface area contributed by atoms with Crippen molar-refractivity contribution in [1.82, 2.24) is 20.2 Å². The van der Waals surface area contributed by atoms with Gasteiger partial charge in [0.2, 0.25) is 0 Å². The van der Waals surface area contributed by atoms with Crippen LogP contribution in [0.4, 0.5) is 8.78 Å². The summed E-state index contributed by atoms with van der Waals surface area (Å²) in [7, 11) is 0. The maximum Gasteiger partial charge on any atom is 0.586 e. The Kier molecular flexibility index (Phi) is 2.59. The summed E-state index contributed by atoms with van der Waals surface area (Å²) >= 11 is 0. The Balaban J connectivity index is 1.64. The molecule has 0 amide bonds. The summed E-state index contributed by atoms with van der Waals surface area (Å²) in [6, 6.07) is 2.84. The number of halogens is 2. The summed E-state index contributed by atoms with van der Waals surface area (Å²) in [6.07, 6.45) is -1.36. The number of hydrogen-bond acceptors (Lipinski definition) is 6. The van der Waals surface area contributed by atoms with Crippen LogP contribution in [-0.2, 0) is 13.0 Å². The fourth-order valence-electron chi connectivity index (χ4n) is 2.36. The summed E-state index contributed by atoms with van der Waals surface area (Å²) in [5, 5.41) is 11.7. The Morgan fingerprint density at radius 2 is 2.00 bits per heavy atom. The van der Waals surface area contributed by atoms with Crippen molar-refractivity contribution in [2.75, 3.05) is 0 Å². The van der Waals surface area contributed by atoms with Crippen LogP contribution in [0.1, 0.15) is 11.3 Å². The Hall–Kier alpha value is -2.71. The van der Waals surface area contributed by atoms with Gasteiger partial charge in [0.25, 0.3) is 0 Å². The van der Waals surface area contributed by atoms with Gasteiger partial charge in [0.1, 0.15) is 11.3 Å². The summed E-state index contributed by atoms with van der Waals surface area (Å²) in [6.45, 7) is 2.33. The second kappa shape index (κ2) is 4.39. The van der Waals surface area contributed by atoms with E-state index >= 15 is 0 Å². The van der Waals surface area contributed by atoms with Crippen LogP contribution in [-0.4, -0.2) is 26.4 Å². The Bertz CT molecular complexity index is 858. The lowest BCUT2D eigenvalue weighted by Crippen LogP contribution is -2.25. The van der Waals surface area contributed by atoms with Crippen LogP contribution in [0.15, 0.2) is 22.9 Å². The average molecular weight is 308 g/mol. The first-order valence-electron chi connectivity index (χ1n) is 6.55. The number of ether oxygens (including phenoxy) is 2. The highest BCUT2D eigenvalue weighted by Gasteiger charge is 2.43. The van der Waals surface area contributed by atoms with Gasteiger partial charge in [-0.2, -0.15) is 0 Å². The topological polar surface area (TPSA) is 75.2 Å². The van der Waals surface area contributed by atoms with E-state index in [0.29, 0.717) is 24.0 Å². The predicted octanol–water partition coefficient (Wildman–Crippen LogP) is 2.29. The largest absolute Gasteiger partial charge is 0.586 e. The third-order valence-corrected chi connectivity index (χ3v) is 3.48. The fourth-order valence-corrected chi connectivity index (χ4v) is 2.36. The standard InChI is InChI=1S/C13H10F2N4O3/c1-7-8(6-16-22-7)2-3-19-10-5-12-11(4-9(10)17-18-19)20-13(14,15)21-12/h4-6H,2-3H2,1H3. The molecule has 7 nitrogen and oxygen atoms in total. The number of aryl methyl sites for hydroxylation is 3. The zero-order chi connectivity index (χ0) is 15.3. The molecule has 0 spiro atoms. The lowest BCUT2D eigenvalue weighted by atomic mass is 10.2. The first kappa shape index (κ1) is 13.0. The highest BCUT2D eigenvalue weighted by atomic mass is 19.3. The minimum atomic E-state index is -3.64. The van der Waals surface area contributed by atoms with E-state index in [4.69, 9.17) is 4.52 Å². The van der Waals surface area contributed by atoms with Crippen molar-refractivity contribution in [3.63, 3.8) is 0 Å². The van der Waals surface area contributed by atoms with Gasteiger partial charge in [-0.25, -0.2) is 4.68 Å². The molecule has 9 heteroatoms. The Morgan fingerprint density at radius 3 is 2.73 bits per heavy atom. The number of fused-ring (bicyclic) bond motifs is 2. The Morgan fingerprint density at radius 1 is 1.23 bits per heavy atom. The molecule has 0 N–H and O–H groups in total. The van der Waals surface area contributed by atoms with Crippen LogP contribution in [0, 0.1) is 6.92 Å². The summed E-state index contributed by atoms with van der Waals surface area (Å²) in [4.78, 5) is 0. The molecule has 0 bridgehead atoms. The van der Waals surface area contributed by atoms with Crippen molar-refractivity contribution < 1.29 is 22.8 Å². The molecule has 2 aromatic heterocycles. The fraction of sp³-hybridized carbons (Fsp3) is 0.308. The van der Waals surface area contributed by atoms with Gasteiger partial charge < -0.3 is 14.0 Å². The molecule has 3 aromatic rings. The van der Waals surface area contributed by atoms with Gasteiger partial charge in [0, 0.05) is 24.2 Å². The van der Waals surface area contributed by atoms with Gasteiger partial charge in [0.05, 0.1) is 11.7 Å². The number of aromatic nitrogens is 4. The molecule has 0 fully saturated rings. The number of alkyl halides is 2. The van der Waals surface area contributed by atoms with Crippen molar-refractivity contribution in [2.24, 2.45) is 0 Å². The summed E-state index contributed by atoms with van der Waals surface area (Å²) in [5.41, 5.74) is 2.01. The number of rotatable bonds is 3. The molecule has 0 saturated heterocycles. The molecule has 114 valence electrons. The van der Waals surface area contributed by atoms with Crippen molar-refractivity contribution in [3.05, 3.63) is 29.7 Å². The highest BCUT2D eigenvalue weighted by molar-refractivity contribution is 5.79. The van der Waals surface area contributed by atoms with Crippen molar-refractivity contribution >= 4 is 11.0 Å². The van der Waals surface area contributed by atoms with Crippen LogP contribution in [0.3, 0.4) is 0 Å². The first-order chi connectivity index (χ1) is 10.5. The van der Waals surface area contributed by atoms with Crippen LogP contribution in [0.2, 0.25) is 0 Å². The molecule has 0 saturated carbocycles. The molecule has 3 heterocycles. The number of hydrogen-bond donors (Lipinski definition) is 0. The molecule has 0 aliphatic carbocycles. The molecule has 1 aliphatic rings. The zero-order valence-electron chi connectivity index (χ0n) is 11.4. The molecule has 4 rings (SSSR count). The normalized spacial score (nSPS) is 15.6. The maximum atomic E-state index is 13.1. The smallest absolute Gasteiger partial charge is 0.395 e. The maximum absolute atomic E-state index is 13.1. The Labute approximate surface area is 122 Å². The van der Waals surface area contributed by atoms with E-state index in [1.54, 1.807) is 10.9 Å². The van der Waals surface area contributed by atoms with E-state index < -0.39 is 6.29 Å². The number of benzene rings is 1. The van der Waals surface area contributed by atoms with Crippen LogP contribution in [0.5, 0.6) is 11.5 Å². The third-order valence-electron chi connectivity index (χ3n) is 3.48. The molecule has 0 atom stereocenters. The average Bonchev–Trinajstić information content (AvgIpc) is 3.10.